The SMILES string of the molecule is O=C(NCCNc1ccccc1[N+](=O)[O-])c1cccc(CN2CCCC2=O)c1. The van der Waals surface area contributed by atoms with E-state index < -0.39 is 4.92 Å². The maximum Gasteiger partial charge on any atom is 0.292 e. The molecule has 2 aromatic rings. The van der Waals surface area contributed by atoms with Gasteiger partial charge in [0, 0.05) is 44.2 Å². The summed E-state index contributed by atoms with van der Waals surface area (Å²) in [4.78, 5) is 36.5. The molecule has 146 valence electrons. The van der Waals surface area contributed by atoms with Gasteiger partial charge in [0.1, 0.15) is 5.69 Å². The Labute approximate surface area is 162 Å². The molecular formula is C20H22N4O4. The lowest BCUT2D eigenvalue weighted by atomic mass is 10.1. The van der Waals surface area contributed by atoms with Crippen molar-refractivity contribution in [2.45, 2.75) is 19.4 Å². The highest BCUT2D eigenvalue weighted by Crippen LogP contribution is 2.22. The smallest absolute Gasteiger partial charge is 0.292 e. The summed E-state index contributed by atoms with van der Waals surface area (Å²) < 4.78 is 0. The van der Waals surface area contributed by atoms with Crippen molar-refractivity contribution < 1.29 is 14.5 Å². The first-order valence-corrected chi connectivity index (χ1v) is 9.17. The van der Waals surface area contributed by atoms with Crippen LogP contribution in [0.5, 0.6) is 0 Å². The highest BCUT2D eigenvalue weighted by molar-refractivity contribution is 5.94. The predicted molar refractivity (Wildman–Crippen MR) is 105 cm³/mol. The fourth-order valence-corrected chi connectivity index (χ4v) is 3.16. The van der Waals surface area contributed by atoms with Crippen LogP contribution in [0.25, 0.3) is 0 Å². The van der Waals surface area contributed by atoms with Crippen LogP contribution in [0.3, 0.4) is 0 Å². The summed E-state index contributed by atoms with van der Waals surface area (Å²) >= 11 is 0. The molecule has 0 bridgehead atoms. The van der Waals surface area contributed by atoms with Gasteiger partial charge in [0.05, 0.1) is 4.92 Å². The van der Waals surface area contributed by atoms with E-state index in [2.05, 4.69) is 10.6 Å². The van der Waals surface area contributed by atoms with Gasteiger partial charge in [-0.1, -0.05) is 24.3 Å². The van der Waals surface area contributed by atoms with E-state index in [0.29, 0.717) is 37.3 Å². The highest BCUT2D eigenvalue weighted by atomic mass is 16.6. The molecule has 0 radical (unpaired) electrons. The second-order valence-corrected chi connectivity index (χ2v) is 6.58. The second kappa shape index (κ2) is 8.98. The van der Waals surface area contributed by atoms with Crippen molar-refractivity contribution >= 4 is 23.2 Å². The zero-order valence-electron chi connectivity index (χ0n) is 15.4. The Morgan fingerprint density at radius 1 is 1.14 bits per heavy atom. The van der Waals surface area contributed by atoms with E-state index in [9.17, 15) is 19.7 Å². The quantitative estimate of drug-likeness (QED) is 0.415. The average molecular weight is 382 g/mol. The van der Waals surface area contributed by atoms with Crippen LogP contribution >= 0.6 is 0 Å². The Bertz CT molecular complexity index is 884. The van der Waals surface area contributed by atoms with Crippen LogP contribution in [0.1, 0.15) is 28.8 Å². The van der Waals surface area contributed by atoms with E-state index in [1.54, 1.807) is 41.3 Å². The number of anilines is 1. The summed E-state index contributed by atoms with van der Waals surface area (Å²) in [6.45, 7) is 1.95. The molecule has 2 amide bonds. The minimum absolute atomic E-state index is 0.00186. The van der Waals surface area contributed by atoms with E-state index in [1.165, 1.54) is 6.07 Å². The first-order valence-electron chi connectivity index (χ1n) is 9.17. The summed E-state index contributed by atoms with van der Waals surface area (Å²) in [5, 5.41) is 16.8. The lowest BCUT2D eigenvalue weighted by Crippen LogP contribution is -2.29. The number of hydrogen-bond donors (Lipinski definition) is 2. The van der Waals surface area contributed by atoms with Gasteiger partial charge in [-0.3, -0.25) is 19.7 Å². The van der Waals surface area contributed by atoms with Gasteiger partial charge in [-0.05, 0) is 30.2 Å². The van der Waals surface area contributed by atoms with Gasteiger partial charge in [0.15, 0.2) is 0 Å². The number of nitrogens with zero attached hydrogens (tertiary/aromatic N) is 2. The monoisotopic (exact) mass is 382 g/mol. The number of benzene rings is 2. The van der Waals surface area contributed by atoms with Crippen molar-refractivity contribution in [3.05, 3.63) is 69.8 Å². The third-order valence-corrected chi connectivity index (χ3v) is 4.56. The Balaban J connectivity index is 1.51. The maximum absolute atomic E-state index is 12.4. The molecule has 2 N–H and O–H groups in total. The summed E-state index contributed by atoms with van der Waals surface area (Å²) in [5.74, 6) is -0.0742. The predicted octanol–water partition coefficient (Wildman–Crippen LogP) is 2.56. The van der Waals surface area contributed by atoms with E-state index in [-0.39, 0.29) is 17.5 Å². The third-order valence-electron chi connectivity index (χ3n) is 4.56. The number of carbonyl (C=O) groups excluding carboxylic acids is 2. The molecule has 0 atom stereocenters. The Kier molecular flexibility index (Phi) is 6.21. The van der Waals surface area contributed by atoms with Crippen molar-refractivity contribution in [3.63, 3.8) is 0 Å². The van der Waals surface area contributed by atoms with Gasteiger partial charge in [-0.25, -0.2) is 0 Å². The van der Waals surface area contributed by atoms with Crippen LogP contribution in [0.2, 0.25) is 0 Å². The molecule has 1 heterocycles. The van der Waals surface area contributed by atoms with Crippen LogP contribution < -0.4 is 10.6 Å². The molecular weight excluding hydrogens is 360 g/mol. The van der Waals surface area contributed by atoms with Crippen molar-refractivity contribution in [1.29, 1.82) is 0 Å². The second-order valence-electron chi connectivity index (χ2n) is 6.58. The maximum atomic E-state index is 12.4. The van der Waals surface area contributed by atoms with Crippen LogP contribution in [-0.4, -0.2) is 41.3 Å². The largest absolute Gasteiger partial charge is 0.378 e. The lowest BCUT2D eigenvalue weighted by Gasteiger charge is -2.16. The molecule has 1 aliphatic rings. The molecule has 0 saturated carbocycles. The fourth-order valence-electron chi connectivity index (χ4n) is 3.16. The van der Waals surface area contributed by atoms with Gasteiger partial charge in [0.2, 0.25) is 5.91 Å². The molecule has 3 rings (SSSR count). The van der Waals surface area contributed by atoms with Gasteiger partial charge in [-0.2, -0.15) is 0 Å². The van der Waals surface area contributed by atoms with Crippen molar-refractivity contribution in [2.75, 3.05) is 25.0 Å². The van der Waals surface area contributed by atoms with Crippen molar-refractivity contribution in [3.8, 4) is 0 Å². The molecule has 0 spiro atoms. The molecule has 2 aromatic carbocycles. The molecule has 8 heteroatoms. The molecule has 0 unspecified atom stereocenters. The van der Waals surface area contributed by atoms with E-state index in [0.717, 1.165) is 18.5 Å². The average Bonchev–Trinajstić information content (AvgIpc) is 3.10. The van der Waals surface area contributed by atoms with Crippen LogP contribution in [0.4, 0.5) is 11.4 Å². The zero-order chi connectivity index (χ0) is 19.9. The number of hydrogen-bond acceptors (Lipinski definition) is 5. The normalized spacial score (nSPS) is 13.4. The third kappa shape index (κ3) is 4.85. The van der Waals surface area contributed by atoms with Gasteiger partial charge in [0.25, 0.3) is 11.6 Å². The van der Waals surface area contributed by atoms with Gasteiger partial charge < -0.3 is 15.5 Å². The van der Waals surface area contributed by atoms with Crippen molar-refractivity contribution in [1.82, 2.24) is 10.2 Å². The van der Waals surface area contributed by atoms with Crippen LogP contribution in [-0.2, 0) is 11.3 Å². The molecule has 8 nitrogen and oxygen atoms in total. The minimum Gasteiger partial charge on any atom is -0.378 e. The van der Waals surface area contributed by atoms with Gasteiger partial charge in [-0.15, -0.1) is 0 Å². The molecule has 0 aromatic heterocycles. The zero-order valence-corrected chi connectivity index (χ0v) is 15.4. The number of carbonyl (C=O) groups is 2. The summed E-state index contributed by atoms with van der Waals surface area (Å²) in [6, 6.07) is 13.6. The first kappa shape index (κ1) is 19.3. The number of nitrogens with one attached hydrogen (secondary N) is 2. The van der Waals surface area contributed by atoms with E-state index in [4.69, 9.17) is 0 Å². The van der Waals surface area contributed by atoms with Crippen LogP contribution in [0.15, 0.2) is 48.5 Å². The summed E-state index contributed by atoms with van der Waals surface area (Å²) in [5.41, 5.74) is 1.85. The standard InChI is InChI=1S/C20H22N4O4/c25-19-9-4-12-23(19)14-15-5-3-6-16(13-15)20(26)22-11-10-21-17-7-1-2-8-18(17)24(27)28/h1-3,5-8,13,21H,4,9-12,14H2,(H,22,26). The Hall–Kier alpha value is -3.42. The van der Waals surface area contributed by atoms with Crippen molar-refractivity contribution in [2.24, 2.45) is 0 Å². The number of likely N-dealkylation sites (tertiary alicyclic amines) is 1. The highest BCUT2D eigenvalue weighted by Gasteiger charge is 2.20. The number of nitro groups is 1. The van der Waals surface area contributed by atoms with E-state index >= 15 is 0 Å². The topological polar surface area (TPSA) is 105 Å². The summed E-state index contributed by atoms with van der Waals surface area (Å²) in [6.07, 6.45) is 1.47. The number of amides is 2. The lowest BCUT2D eigenvalue weighted by molar-refractivity contribution is -0.384. The molecule has 1 fully saturated rings. The molecule has 1 saturated heterocycles. The molecule has 0 aliphatic carbocycles. The number of para-hydroxylation sites is 2. The van der Waals surface area contributed by atoms with Crippen LogP contribution in [0, 0.1) is 10.1 Å². The van der Waals surface area contributed by atoms with Gasteiger partial charge >= 0.3 is 0 Å². The summed E-state index contributed by atoms with van der Waals surface area (Å²) in [7, 11) is 0. The van der Waals surface area contributed by atoms with E-state index in [1.807, 2.05) is 6.07 Å². The molecule has 1 aliphatic heterocycles. The Morgan fingerprint density at radius 3 is 2.71 bits per heavy atom. The Morgan fingerprint density at radius 2 is 1.96 bits per heavy atom. The molecule has 28 heavy (non-hydrogen) atoms. The number of nitro benzene ring substituents is 1. The fraction of sp³-hybridized carbons (Fsp3) is 0.300. The first-order chi connectivity index (χ1) is 13.5. The minimum atomic E-state index is -0.447. The number of rotatable bonds is 8.